The molecule has 0 aromatic carbocycles. The summed E-state index contributed by atoms with van der Waals surface area (Å²) in [4.78, 5) is 2.40. The highest BCUT2D eigenvalue weighted by atomic mass is 16.5. The lowest BCUT2D eigenvalue weighted by atomic mass is 9.92. The van der Waals surface area contributed by atoms with Gasteiger partial charge in [-0.3, -0.25) is 4.90 Å². The summed E-state index contributed by atoms with van der Waals surface area (Å²) in [6.07, 6.45) is 4.10. The van der Waals surface area contributed by atoms with Crippen molar-refractivity contribution in [3.05, 3.63) is 24.2 Å². The van der Waals surface area contributed by atoms with Gasteiger partial charge in [0.25, 0.3) is 0 Å². The molecule has 2 N–H and O–H groups in total. The molecular weight excluding hydrogens is 228 g/mol. The Morgan fingerprint density at radius 3 is 3.00 bits per heavy atom. The molecule has 1 aliphatic heterocycles. The summed E-state index contributed by atoms with van der Waals surface area (Å²) in [5.41, 5.74) is 5.98. The zero-order valence-corrected chi connectivity index (χ0v) is 11.2. The molecule has 1 aromatic rings. The highest BCUT2D eigenvalue weighted by Gasteiger charge is 2.27. The third-order valence-electron chi connectivity index (χ3n) is 3.80. The maximum atomic E-state index is 5.98. The van der Waals surface area contributed by atoms with Gasteiger partial charge in [0, 0.05) is 19.2 Å². The normalized spacial score (nSPS) is 22.3. The zero-order valence-electron chi connectivity index (χ0n) is 11.2. The lowest BCUT2D eigenvalue weighted by molar-refractivity contribution is 0.00877. The first-order chi connectivity index (χ1) is 8.85. The van der Waals surface area contributed by atoms with Crippen LogP contribution < -0.4 is 5.73 Å². The van der Waals surface area contributed by atoms with E-state index >= 15 is 0 Å². The van der Waals surface area contributed by atoms with E-state index in [9.17, 15) is 0 Å². The summed E-state index contributed by atoms with van der Waals surface area (Å²) >= 11 is 0. The van der Waals surface area contributed by atoms with Crippen molar-refractivity contribution in [2.24, 2.45) is 11.7 Å². The van der Waals surface area contributed by atoms with Gasteiger partial charge in [-0.05, 0) is 37.4 Å². The summed E-state index contributed by atoms with van der Waals surface area (Å²) in [5.74, 6) is 1.56. The summed E-state index contributed by atoms with van der Waals surface area (Å²) in [7, 11) is 0. The SMILES string of the molecule is CCN(Cc1ccco1)C(CN)C1CCCOC1. The number of furan rings is 1. The first-order valence-corrected chi connectivity index (χ1v) is 6.89. The molecule has 1 saturated heterocycles. The van der Waals surface area contributed by atoms with E-state index in [-0.39, 0.29) is 0 Å². The van der Waals surface area contributed by atoms with Gasteiger partial charge in [0.15, 0.2) is 0 Å². The number of rotatable bonds is 6. The van der Waals surface area contributed by atoms with E-state index < -0.39 is 0 Å². The molecule has 2 heterocycles. The standard InChI is InChI=1S/C14H24N2O2/c1-2-16(10-13-6-4-8-18-13)14(9-15)12-5-3-7-17-11-12/h4,6,8,12,14H,2-3,5,7,9-11,15H2,1H3. The third kappa shape index (κ3) is 3.34. The molecule has 2 atom stereocenters. The second kappa shape index (κ2) is 6.92. The summed E-state index contributed by atoms with van der Waals surface area (Å²) in [6.45, 7) is 6.42. The van der Waals surface area contributed by atoms with Crippen LogP contribution >= 0.6 is 0 Å². The Hall–Kier alpha value is -0.840. The minimum atomic E-state index is 0.389. The molecule has 2 rings (SSSR count). The maximum absolute atomic E-state index is 5.98. The van der Waals surface area contributed by atoms with E-state index in [0.29, 0.717) is 18.5 Å². The molecule has 0 aliphatic carbocycles. The number of hydrogen-bond donors (Lipinski definition) is 1. The van der Waals surface area contributed by atoms with Crippen LogP contribution in [-0.2, 0) is 11.3 Å². The minimum absolute atomic E-state index is 0.389. The molecule has 102 valence electrons. The van der Waals surface area contributed by atoms with Crippen LogP contribution in [0.3, 0.4) is 0 Å². The first kappa shape index (κ1) is 13.6. The smallest absolute Gasteiger partial charge is 0.117 e. The van der Waals surface area contributed by atoms with Gasteiger partial charge in [-0.2, -0.15) is 0 Å². The molecule has 1 fully saturated rings. The van der Waals surface area contributed by atoms with Crippen molar-refractivity contribution in [2.45, 2.75) is 32.4 Å². The summed E-state index contributed by atoms with van der Waals surface area (Å²) < 4.78 is 11.0. The zero-order chi connectivity index (χ0) is 12.8. The Balaban J connectivity index is 1.98. The monoisotopic (exact) mass is 252 g/mol. The Labute approximate surface area is 109 Å². The van der Waals surface area contributed by atoms with Crippen LogP contribution in [0.15, 0.2) is 22.8 Å². The largest absolute Gasteiger partial charge is 0.468 e. The number of hydrogen-bond acceptors (Lipinski definition) is 4. The van der Waals surface area contributed by atoms with E-state index in [0.717, 1.165) is 38.5 Å². The van der Waals surface area contributed by atoms with Gasteiger partial charge in [-0.25, -0.2) is 0 Å². The fourth-order valence-electron chi connectivity index (χ4n) is 2.78. The highest BCUT2D eigenvalue weighted by molar-refractivity contribution is 4.99. The van der Waals surface area contributed by atoms with E-state index in [1.165, 1.54) is 6.42 Å². The van der Waals surface area contributed by atoms with Gasteiger partial charge >= 0.3 is 0 Å². The van der Waals surface area contributed by atoms with Crippen molar-refractivity contribution in [3.8, 4) is 0 Å². The van der Waals surface area contributed by atoms with Crippen LogP contribution in [0, 0.1) is 5.92 Å². The molecule has 18 heavy (non-hydrogen) atoms. The average Bonchev–Trinajstić information content (AvgIpc) is 2.92. The Kier molecular flexibility index (Phi) is 5.23. The maximum Gasteiger partial charge on any atom is 0.117 e. The minimum Gasteiger partial charge on any atom is -0.468 e. The molecule has 2 unspecified atom stereocenters. The Bertz CT molecular complexity index is 321. The highest BCUT2D eigenvalue weighted by Crippen LogP contribution is 2.22. The van der Waals surface area contributed by atoms with Gasteiger partial charge in [0.1, 0.15) is 5.76 Å². The number of likely N-dealkylation sites (N-methyl/N-ethyl adjacent to an activating group) is 1. The predicted octanol–water partition coefficient (Wildman–Crippen LogP) is 1.86. The lowest BCUT2D eigenvalue weighted by Gasteiger charge is -2.37. The van der Waals surface area contributed by atoms with Crippen molar-refractivity contribution < 1.29 is 9.15 Å². The number of nitrogens with zero attached hydrogens (tertiary/aromatic N) is 1. The van der Waals surface area contributed by atoms with Crippen molar-refractivity contribution in [1.82, 2.24) is 4.90 Å². The Morgan fingerprint density at radius 1 is 1.56 bits per heavy atom. The second-order valence-corrected chi connectivity index (χ2v) is 4.92. The van der Waals surface area contributed by atoms with Crippen LogP contribution in [-0.4, -0.2) is 37.2 Å². The van der Waals surface area contributed by atoms with Crippen LogP contribution in [0.25, 0.3) is 0 Å². The quantitative estimate of drug-likeness (QED) is 0.839. The van der Waals surface area contributed by atoms with Crippen molar-refractivity contribution >= 4 is 0 Å². The molecular formula is C14H24N2O2. The number of ether oxygens (including phenoxy) is 1. The van der Waals surface area contributed by atoms with Crippen LogP contribution in [0.1, 0.15) is 25.5 Å². The molecule has 1 aliphatic rings. The molecule has 0 spiro atoms. The Morgan fingerprint density at radius 2 is 2.44 bits per heavy atom. The van der Waals surface area contributed by atoms with E-state index in [1.807, 2.05) is 12.1 Å². The van der Waals surface area contributed by atoms with Gasteiger partial charge in [-0.1, -0.05) is 6.92 Å². The topological polar surface area (TPSA) is 51.6 Å². The predicted molar refractivity (Wildman–Crippen MR) is 71.2 cm³/mol. The van der Waals surface area contributed by atoms with E-state index in [1.54, 1.807) is 6.26 Å². The first-order valence-electron chi connectivity index (χ1n) is 6.89. The van der Waals surface area contributed by atoms with Gasteiger partial charge in [0.2, 0.25) is 0 Å². The van der Waals surface area contributed by atoms with Crippen molar-refractivity contribution in [3.63, 3.8) is 0 Å². The summed E-state index contributed by atoms with van der Waals surface area (Å²) in [5, 5.41) is 0. The average molecular weight is 252 g/mol. The molecule has 0 bridgehead atoms. The van der Waals surface area contributed by atoms with Crippen molar-refractivity contribution in [2.75, 3.05) is 26.3 Å². The fourth-order valence-corrected chi connectivity index (χ4v) is 2.78. The fraction of sp³-hybridized carbons (Fsp3) is 0.714. The molecule has 1 aromatic heterocycles. The molecule has 0 amide bonds. The second-order valence-electron chi connectivity index (χ2n) is 4.92. The molecule has 0 saturated carbocycles. The molecule has 4 nitrogen and oxygen atoms in total. The summed E-state index contributed by atoms with van der Waals surface area (Å²) in [6, 6.07) is 4.35. The molecule has 0 radical (unpaired) electrons. The van der Waals surface area contributed by atoms with E-state index in [4.69, 9.17) is 14.9 Å². The third-order valence-corrected chi connectivity index (χ3v) is 3.80. The molecule has 4 heteroatoms. The number of nitrogens with two attached hydrogens (primary N) is 1. The van der Waals surface area contributed by atoms with E-state index in [2.05, 4.69) is 11.8 Å². The van der Waals surface area contributed by atoms with Crippen LogP contribution in [0.4, 0.5) is 0 Å². The van der Waals surface area contributed by atoms with Gasteiger partial charge in [-0.15, -0.1) is 0 Å². The van der Waals surface area contributed by atoms with Crippen LogP contribution in [0.2, 0.25) is 0 Å². The lowest BCUT2D eigenvalue weighted by Crippen LogP contribution is -2.47. The van der Waals surface area contributed by atoms with Gasteiger partial charge in [0.05, 0.1) is 19.4 Å². The van der Waals surface area contributed by atoms with Crippen molar-refractivity contribution in [1.29, 1.82) is 0 Å². The van der Waals surface area contributed by atoms with Gasteiger partial charge < -0.3 is 14.9 Å². The van der Waals surface area contributed by atoms with Crippen LogP contribution in [0.5, 0.6) is 0 Å².